The first-order valence-corrected chi connectivity index (χ1v) is 21.7. The first kappa shape index (κ1) is 40.5. The Kier molecular flexibility index (Phi) is 12.4. The summed E-state index contributed by atoms with van der Waals surface area (Å²) in [4.78, 5) is 70.6. The number of hydrogen-bond acceptors (Lipinski definition) is 7. The Hall–Kier alpha value is -2.70. The van der Waals surface area contributed by atoms with Gasteiger partial charge in [-0.1, -0.05) is 84.5 Å². The largest absolute Gasteiger partial charge is 0.347 e. The number of fused-ring (bicyclic) bond motifs is 3. The van der Waals surface area contributed by atoms with Crippen LogP contribution in [0.2, 0.25) is 0 Å². The Morgan fingerprint density at radius 3 is 1.96 bits per heavy atom. The Bertz CT molecular complexity index is 1460. The molecule has 0 aromatic rings. The number of rotatable bonds is 7. The van der Waals surface area contributed by atoms with Gasteiger partial charge < -0.3 is 26.2 Å². The van der Waals surface area contributed by atoms with Crippen molar-refractivity contribution in [1.82, 2.24) is 26.2 Å². The lowest BCUT2D eigenvalue weighted by Gasteiger charge is -2.44. The molecule has 2 aliphatic heterocycles. The molecule has 6 atom stereocenters. The monoisotopic (exact) mass is 747 g/mol. The molecular weight excluding hydrogens is 683 g/mol. The van der Waals surface area contributed by atoms with Crippen molar-refractivity contribution < 1.29 is 32.4 Å². The van der Waals surface area contributed by atoms with Crippen molar-refractivity contribution in [3.05, 3.63) is 0 Å². The molecule has 0 aromatic heterocycles. The average Bonchev–Trinajstić information content (AvgIpc) is 3.93. The van der Waals surface area contributed by atoms with Crippen molar-refractivity contribution >= 4 is 39.4 Å². The molecule has 3 aliphatic carbocycles. The minimum Gasteiger partial charge on any atom is -0.347 e. The molecule has 5 fully saturated rings. The Morgan fingerprint density at radius 1 is 0.827 bits per heavy atom. The van der Waals surface area contributed by atoms with E-state index in [0.29, 0.717) is 45.1 Å². The molecule has 52 heavy (non-hydrogen) atoms. The van der Waals surface area contributed by atoms with Gasteiger partial charge in [0.05, 0.1) is 21.6 Å². The average molecular weight is 748 g/mol. The third-order valence-corrected chi connectivity index (χ3v) is 16.2. The summed E-state index contributed by atoms with van der Waals surface area (Å²) in [5.41, 5.74) is -1.15. The van der Waals surface area contributed by atoms with E-state index in [9.17, 15) is 32.4 Å². The van der Waals surface area contributed by atoms with E-state index in [1.807, 2.05) is 0 Å². The first-order chi connectivity index (χ1) is 24.4. The van der Waals surface area contributed by atoms with Crippen LogP contribution < -0.4 is 21.3 Å². The molecule has 0 aromatic carbocycles. The summed E-state index contributed by atoms with van der Waals surface area (Å²) >= 11 is 0. The smallest absolute Gasteiger partial charge is 0.315 e. The fourth-order valence-corrected chi connectivity index (χ4v) is 11.2. The Labute approximate surface area is 311 Å². The molecular formula is C39H65N5O7S. The fourth-order valence-electron chi connectivity index (χ4n) is 9.26. The molecule has 0 bridgehead atoms. The second-order valence-corrected chi connectivity index (χ2v) is 21.2. The van der Waals surface area contributed by atoms with Crippen LogP contribution in [0.3, 0.4) is 0 Å². The van der Waals surface area contributed by atoms with Crippen molar-refractivity contribution in [1.29, 1.82) is 0 Å². The van der Waals surface area contributed by atoms with Gasteiger partial charge in [0, 0.05) is 12.6 Å². The molecule has 0 radical (unpaired) electrons. The van der Waals surface area contributed by atoms with Gasteiger partial charge >= 0.3 is 6.03 Å². The maximum atomic E-state index is 14.6. The number of hydrogen-bond donors (Lipinski definition) is 4. The minimum absolute atomic E-state index is 0.0129. The van der Waals surface area contributed by atoms with Crippen molar-refractivity contribution in [2.75, 3.05) is 6.54 Å². The maximum Gasteiger partial charge on any atom is 0.315 e. The summed E-state index contributed by atoms with van der Waals surface area (Å²) in [7, 11) is -3.63. The highest BCUT2D eigenvalue weighted by atomic mass is 32.2. The molecule has 0 spiro atoms. The van der Waals surface area contributed by atoms with Crippen LogP contribution in [0.5, 0.6) is 0 Å². The molecule has 4 N–H and O–H groups in total. The van der Waals surface area contributed by atoms with Crippen molar-refractivity contribution in [3.63, 3.8) is 0 Å². The fraction of sp³-hybridized carbons (Fsp3) is 0.872. The zero-order valence-corrected chi connectivity index (χ0v) is 33.3. The highest BCUT2D eigenvalue weighted by Gasteiger charge is 2.69. The highest BCUT2D eigenvalue weighted by Crippen LogP contribution is 2.65. The van der Waals surface area contributed by atoms with Gasteiger partial charge in [0.15, 0.2) is 9.84 Å². The van der Waals surface area contributed by atoms with Gasteiger partial charge in [-0.05, 0) is 83.5 Å². The number of nitrogens with one attached hydrogen (secondary N) is 4. The van der Waals surface area contributed by atoms with Gasteiger partial charge in [-0.3, -0.25) is 19.2 Å². The summed E-state index contributed by atoms with van der Waals surface area (Å²) in [5, 5.41) is 10.9. The van der Waals surface area contributed by atoms with Gasteiger partial charge in [0.2, 0.25) is 17.6 Å². The first-order valence-electron chi connectivity index (χ1n) is 20.2. The zero-order valence-electron chi connectivity index (χ0n) is 32.5. The van der Waals surface area contributed by atoms with E-state index in [1.165, 1.54) is 0 Å². The van der Waals surface area contributed by atoms with Gasteiger partial charge in [-0.15, -0.1) is 0 Å². The number of Topliss-reactive ketones (excluding diaryl/α,β-unsaturated/α-hetero) is 1. The van der Waals surface area contributed by atoms with Crippen LogP contribution >= 0.6 is 0 Å². The summed E-state index contributed by atoms with van der Waals surface area (Å²) < 4.78 is 26.4. The molecule has 0 unspecified atom stereocenters. The van der Waals surface area contributed by atoms with E-state index in [0.717, 1.165) is 70.6 Å². The zero-order chi connectivity index (χ0) is 38.1. The second-order valence-electron chi connectivity index (χ2n) is 18.1. The van der Waals surface area contributed by atoms with Crippen molar-refractivity contribution in [2.45, 2.75) is 190 Å². The van der Waals surface area contributed by atoms with Crippen LogP contribution in [-0.4, -0.2) is 89.1 Å². The number of nitrogens with zero attached hydrogens (tertiary/aromatic N) is 1. The molecule has 13 heteroatoms. The third-order valence-electron chi connectivity index (χ3n) is 13.1. The van der Waals surface area contributed by atoms with Gasteiger partial charge in [-0.25, -0.2) is 13.2 Å². The predicted molar refractivity (Wildman–Crippen MR) is 200 cm³/mol. The van der Waals surface area contributed by atoms with E-state index in [-0.39, 0.29) is 29.2 Å². The lowest BCUT2D eigenvalue weighted by molar-refractivity contribution is -0.144. The molecule has 294 valence electrons. The minimum atomic E-state index is -3.63. The van der Waals surface area contributed by atoms with Crippen molar-refractivity contribution in [3.8, 4) is 0 Å². The number of carbonyl (C=O) groups is 5. The van der Waals surface area contributed by atoms with Crippen LogP contribution in [0.25, 0.3) is 0 Å². The lowest BCUT2D eigenvalue weighted by Crippen LogP contribution is -2.64. The maximum absolute atomic E-state index is 14.6. The molecule has 5 aliphatic rings. The summed E-state index contributed by atoms with van der Waals surface area (Å²) in [6.45, 7) is 11.3. The van der Waals surface area contributed by atoms with Crippen LogP contribution in [0.15, 0.2) is 0 Å². The quantitative estimate of drug-likeness (QED) is 0.274. The number of carbonyl (C=O) groups excluding carboxylic acids is 5. The normalized spacial score (nSPS) is 30.8. The topological polar surface area (TPSA) is 171 Å². The number of ketones is 1. The van der Waals surface area contributed by atoms with Crippen LogP contribution in [0.4, 0.5) is 4.79 Å². The molecule has 5 amide bonds. The van der Waals surface area contributed by atoms with E-state index < -0.39 is 67.1 Å². The van der Waals surface area contributed by atoms with E-state index in [2.05, 4.69) is 35.1 Å². The molecule has 3 saturated carbocycles. The van der Waals surface area contributed by atoms with Crippen LogP contribution in [-0.2, 0) is 29.0 Å². The summed E-state index contributed by atoms with van der Waals surface area (Å²) in [6.07, 6.45) is 13.3. The molecule has 2 heterocycles. The van der Waals surface area contributed by atoms with Gasteiger partial charge in [-0.2, -0.15) is 0 Å². The molecule has 2 saturated heterocycles. The predicted octanol–water partition coefficient (Wildman–Crippen LogP) is 4.69. The van der Waals surface area contributed by atoms with E-state index in [1.54, 1.807) is 32.6 Å². The van der Waals surface area contributed by atoms with Crippen LogP contribution in [0.1, 0.15) is 151 Å². The Morgan fingerprint density at radius 2 is 1.38 bits per heavy atom. The highest BCUT2D eigenvalue weighted by molar-refractivity contribution is 7.93. The van der Waals surface area contributed by atoms with Crippen LogP contribution in [0, 0.1) is 17.3 Å². The van der Waals surface area contributed by atoms with Gasteiger partial charge in [0.25, 0.3) is 5.91 Å². The number of amides is 5. The molecule has 5 rings (SSSR count). The number of sulfone groups is 1. The number of urea groups is 1. The summed E-state index contributed by atoms with van der Waals surface area (Å²) in [6, 6.07) is -3.28. The molecule has 12 nitrogen and oxygen atoms in total. The third kappa shape index (κ3) is 8.81. The van der Waals surface area contributed by atoms with E-state index >= 15 is 0 Å². The lowest BCUT2D eigenvalue weighted by atomic mass is 9.79. The van der Waals surface area contributed by atoms with E-state index in [4.69, 9.17) is 0 Å². The summed E-state index contributed by atoms with van der Waals surface area (Å²) in [5.74, 6) is -2.11. The van der Waals surface area contributed by atoms with Gasteiger partial charge in [0.1, 0.15) is 12.1 Å². The second kappa shape index (κ2) is 16.0. The Balaban J connectivity index is 1.38. The standard InChI is InChI=1S/C39H65N5O7S/c1-25(52(50,51)37(2,3)4)39(22-16-13-17-23-39)43-36(49)42-29-19-15-12-10-8-7-9-11-14-18-28(32(45)34(47)40-26-20-21-26)41-33(46)31-30-27(38(30,5)6)24-44(31)35(29)48/h25-31H,7-24H2,1-6H3,(H,40,47)(H,41,46)(H2,42,43,49)/t25-,27+,28-,29-,30+,31+/m1/s1. The van der Waals surface area contributed by atoms with Crippen molar-refractivity contribution in [2.24, 2.45) is 17.3 Å². The SMILES string of the molecule is C[C@H](C1(NC(=O)N[C@@H]2CCCCCCCCCC[C@H](C(=O)C(=O)NC3CC3)NC(=O)[C@@H]3[C@@H]4[C@H](CN3C2=O)C4(C)C)CCCCC1)S(=O)(=O)C(C)(C)C. The number of piperidine rings is 1.